The fourth-order valence-corrected chi connectivity index (χ4v) is 1.94. The van der Waals surface area contributed by atoms with Gasteiger partial charge >= 0.3 is 0 Å². The fraction of sp³-hybridized carbons (Fsp3) is 0.222. The molecule has 0 aliphatic carbocycles. The zero-order valence-electron chi connectivity index (χ0n) is 13.1. The summed E-state index contributed by atoms with van der Waals surface area (Å²) in [6, 6.07) is 15.7. The lowest BCUT2D eigenvalue weighted by molar-refractivity contribution is -0.114. The Kier molecular flexibility index (Phi) is 5.31. The van der Waals surface area contributed by atoms with Crippen molar-refractivity contribution in [2.24, 2.45) is 5.16 Å². The molecule has 0 saturated carbocycles. The number of carbonyl (C=O) groups excluding carboxylic acids is 1. The number of benzene rings is 2. The lowest BCUT2D eigenvalue weighted by Gasteiger charge is -2.05. The van der Waals surface area contributed by atoms with Crippen LogP contribution in [0.1, 0.15) is 30.5 Å². The summed E-state index contributed by atoms with van der Waals surface area (Å²) >= 11 is 0. The number of anilines is 1. The second-order valence-corrected chi connectivity index (χ2v) is 5.19. The van der Waals surface area contributed by atoms with Crippen LogP contribution in [0, 0.1) is 6.92 Å². The van der Waals surface area contributed by atoms with Crippen LogP contribution in [0.5, 0.6) is 0 Å². The Morgan fingerprint density at radius 2 is 1.68 bits per heavy atom. The molecule has 4 nitrogen and oxygen atoms in total. The molecule has 2 aromatic carbocycles. The first kappa shape index (κ1) is 15.8. The third-order valence-electron chi connectivity index (χ3n) is 3.18. The minimum absolute atomic E-state index is 0.0837. The van der Waals surface area contributed by atoms with Gasteiger partial charge in [0.15, 0.2) is 0 Å². The molecule has 0 aromatic heterocycles. The Morgan fingerprint density at radius 1 is 1.05 bits per heavy atom. The van der Waals surface area contributed by atoms with Crippen LogP contribution in [0.15, 0.2) is 53.7 Å². The molecular formula is C18H20N2O2. The standard InChI is InChI=1S/C18H20N2O2/c1-13-4-6-16(7-5-13)12-22-20-14(2)17-8-10-18(11-9-17)19-15(3)21/h4-11H,12H2,1-3H3,(H,19,21)/b20-14-. The second kappa shape index (κ2) is 7.41. The van der Waals surface area contributed by atoms with Crippen molar-refractivity contribution in [1.82, 2.24) is 0 Å². The molecule has 0 bridgehead atoms. The first-order valence-electron chi connectivity index (χ1n) is 7.15. The number of nitrogens with zero attached hydrogens (tertiary/aromatic N) is 1. The van der Waals surface area contributed by atoms with Gasteiger partial charge in [-0.05, 0) is 37.1 Å². The number of carbonyl (C=O) groups is 1. The molecule has 0 fully saturated rings. The van der Waals surface area contributed by atoms with E-state index in [4.69, 9.17) is 4.84 Å². The Balaban J connectivity index is 1.93. The van der Waals surface area contributed by atoms with Gasteiger partial charge in [0.05, 0.1) is 5.71 Å². The molecule has 0 saturated heterocycles. The van der Waals surface area contributed by atoms with Crippen LogP contribution in [0.3, 0.4) is 0 Å². The van der Waals surface area contributed by atoms with E-state index in [2.05, 4.69) is 29.5 Å². The van der Waals surface area contributed by atoms with Gasteiger partial charge in [-0.3, -0.25) is 4.79 Å². The average molecular weight is 296 g/mol. The van der Waals surface area contributed by atoms with E-state index in [0.717, 1.165) is 22.5 Å². The van der Waals surface area contributed by atoms with Crippen molar-refractivity contribution in [3.63, 3.8) is 0 Å². The molecule has 0 aliphatic heterocycles. The molecule has 0 radical (unpaired) electrons. The van der Waals surface area contributed by atoms with Gasteiger partial charge in [0.25, 0.3) is 0 Å². The minimum Gasteiger partial charge on any atom is -0.391 e. The van der Waals surface area contributed by atoms with Crippen molar-refractivity contribution in [1.29, 1.82) is 0 Å². The molecule has 2 aromatic rings. The van der Waals surface area contributed by atoms with E-state index >= 15 is 0 Å². The molecule has 0 heterocycles. The number of oxime groups is 1. The van der Waals surface area contributed by atoms with Crippen molar-refractivity contribution in [3.8, 4) is 0 Å². The van der Waals surface area contributed by atoms with Crippen LogP contribution in [0.25, 0.3) is 0 Å². The molecule has 0 spiro atoms. The predicted molar refractivity (Wildman–Crippen MR) is 88.9 cm³/mol. The maximum Gasteiger partial charge on any atom is 0.221 e. The van der Waals surface area contributed by atoms with E-state index in [0.29, 0.717) is 6.61 Å². The first-order chi connectivity index (χ1) is 10.5. The molecule has 0 unspecified atom stereocenters. The highest BCUT2D eigenvalue weighted by atomic mass is 16.6. The maximum absolute atomic E-state index is 11.0. The lowest BCUT2D eigenvalue weighted by atomic mass is 10.1. The van der Waals surface area contributed by atoms with Crippen LogP contribution >= 0.6 is 0 Å². The Morgan fingerprint density at radius 3 is 2.27 bits per heavy atom. The van der Waals surface area contributed by atoms with E-state index in [1.165, 1.54) is 12.5 Å². The topological polar surface area (TPSA) is 50.7 Å². The SMILES string of the molecule is CC(=O)Nc1ccc(/C(C)=N\OCc2ccc(C)cc2)cc1. The number of amides is 1. The number of hydrogen-bond donors (Lipinski definition) is 1. The predicted octanol–water partition coefficient (Wildman–Crippen LogP) is 3.89. The van der Waals surface area contributed by atoms with E-state index in [1.807, 2.05) is 43.3 Å². The van der Waals surface area contributed by atoms with Crippen molar-refractivity contribution in [2.45, 2.75) is 27.4 Å². The van der Waals surface area contributed by atoms with Crippen molar-refractivity contribution < 1.29 is 9.63 Å². The largest absolute Gasteiger partial charge is 0.391 e. The quantitative estimate of drug-likeness (QED) is 0.672. The van der Waals surface area contributed by atoms with Gasteiger partial charge in [0.2, 0.25) is 5.91 Å². The molecule has 114 valence electrons. The number of nitrogens with one attached hydrogen (secondary N) is 1. The molecule has 2 rings (SSSR count). The zero-order chi connectivity index (χ0) is 15.9. The summed E-state index contributed by atoms with van der Waals surface area (Å²) in [5, 5.41) is 6.86. The number of aryl methyl sites for hydroxylation is 1. The molecular weight excluding hydrogens is 276 g/mol. The summed E-state index contributed by atoms with van der Waals surface area (Å²) < 4.78 is 0. The Hall–Kier alpha value is -2.62. The zero-order valence-corrected chi connectivity index (χ0v) is 13.1. The van der Waals surface area contributed by atoms with Crippen LogP contribution in [-0.2, 0) is 16.2 Å². The van der Waals surface area contributed by atoms with Crippen LogP contribution in [0.2, 0.25) is 0 Å². The van der Waals surface area contributed by atoms with Crippen molar-refractivity contribution in [2.75, 3.05) is 5.32 Å². The summed E-state index contributed by atoms with van der Waals surface area (Å²) in [5.41, 5.74) is 4.83. The van der Waals surface area contributed by atoms with E-state index in [-0.39, 0.29) is 5.91 Å². The average Bonchev–Trinajstić information content (AvgIpc) is 2.49. The molecule has 0 atom stereocenters. The van der Waals surface area contributed by atoms with Crippen LogP contribution < -0.4 is 5.32 Å². The molecule has 4 heteroatoms. The summed E-state index contributed by atoms with van der Waals surface area (Å²) in [6.07, 6.45) is 0. The molecule has 0 aliphatic rings. The van der Waals surface area contributed by atoms with E-state index < -0.39 is 0 Å². The normalized spacial score (nSPS) is 11.1. The van der Waals surface area contributed by atoms with Crippen molar-refractivity contribution in [3.05, 3.63) is 65.2 Å². The smallest absolute Gasteiger partial charge is 0.221 e. The van der Waals surface area contributed by atoms with E-state index in [1.54, 1.807) is 0 Å². The van der Waals surface area contributed by atoms with Gasteiger partial charge in [0.1, 0.15) is 6.61 Å². The molecule has 1 amide bonds. The van der Waals surface area contributed by atoms with Gasteiger partial charge in [0, 0.05) is 12.6 Å². The highest BCUT2D eigenvalue weighted by Gasteiger charge is 2.00. The minimum atomic E-state index is -0.0837. The Bertz CT molecular complexity index is 658. The number of rotatable bonds is 5. The van der Waals surface area contributed by atoms with Gasteiger partial charge in [-0.25, -0.2) is 0 Å². The maximum atomic E-state index is 11.0. The van der Waals surface area contributed by atoms with Gasteiger partial charge in [-0.2, -0.15) is 0 Å². The lowest BCUT2D eigenvalue weighted by Crippen LogP contribution is -2.06. The van der Waals surface area contributed by atoms with E-state index in [9.17, 15) is 4.79 Å². The summed E-state index contributed by atoms with van der Waals surface area (Å²) in [4.78, 5) is 16.4. The third-order valence-corrected chi connectivity index (χ3v) is 3.18. The second-order valence-electron chi connectivity index (χ2n) is 5.19. The van der Waals surface area contributed by atoms with Crippen molar-refractivity contribution >= 4 is 17.3 Å². The fourth-order valence-electron chi connectivity index (χ4n) is 1.94. The summed E-state index contributed by atoms with van der Waals surface area (Å²) in [5.74, 6) is -0.0837. The first-order valence-corrected chi connectivity index (χ1v) is 7.15. The van der Waals surface area contributed by atoms with Gasteiger partial charge < -0.3 is 10.2 Å². The monoisotopic (exact) mass is 296 g/mol. The van der Waals surface area contributed by atoms with Gasteiger partial charge in [-0.1, -0.05) is 47.1 Å². The molecule has 22 heavy (non-hydrogen) atoms. The summed E-state index contributed by atoms with van der Waals surface area (Å²) in [7, 11) is 0. The third kappa shape index (κ3) is 4.74. The highest BCUT2D eigenvalue weighted by molar-refractivity contribution is 5.99. The molecule has 1 N–H and O–H groups in total. The Labute approximate surface area is 130 Å². The number of hydrogen-bond acceptors (Lipinski definition) is 3. The highest BCUT2D eigenvalue weighted by Crippen LogP contribution is 2.11. The van der Waals surface area contributed by atoms with Gasteiger partial charge in [-0.15, -0.1) is 0 Å². The summed E-state index contributed by atoms with van der Waals surface area (Å²) in [6.45, 7) is 5.88. The van der Waals surface area contributed by atoms with Crippen LogP contribution in [0.4, 0.5) is 5.69 Å². The van der Waals surface area contributed by atoms with Crippen LogP contribution in [-0.4, -0.2) is 11.6 Å².